The topological polar surface area (TPSA) is 57.5 Å². The van der Waals surface area contributed by atoms with Gasteiger partial charge in [-0.05, 0) is 83.1 Å². The van der Waals surface area contributed by atoms with E-state index in [9.17, 15) is 4.79 Å². The average molecular weight is 562 g/mol. The van der Waals surface area contributed by atoms with Gasteiger partial charge in [0.2, 0.25) is 0 Å². The van der Waals surface area contributed by atoms with E-state index in [2.05, 4.69) is 50.1 Å². The number of halogens is 1. The average Bonchev–Trinajstić information content (AvgIpc) is 3.49. The number of anilines is 1. The summed E-state index contributed by atoms with van der Waals surface area (Å²) in [5.74, 6) is 1.38. The number of hydrogen-bond donors (Lipinski definition) is 0. The minimum absolute atomic E-state index is 0.0862. The molecule has 182 valence electrons. The van der Waals surface area contributed by atoms with Crippen molar-refractivity contribution < 1.29 is 9.53 Å². The lowest BCUT2D eigenvalue weighted by Gasteiger charge is -2.24. The van der Waals surface area contributed by atoms with Crippen LogP contribution in [0.25, 0.3) is 6.08 Å². The van der Waals surface area contributed by atoms with E-state index in [-0.39, 0.29) is 11.3 Å². The summed E-state index contributed by atoms with van der Waals surface area (Å²) in [5, 5.41) is 6.68. The Morgan fingerprint density at radius 2 is 1.72 bits per heavy atom. The van der Waals surface area contributed by atoms with Gasteiger partial charge in [0.25, 0.3) is 0 Å². The van der Waals surface area contributed by atoms with E-state index in [0.717, 1.165) is 55.0 Å². The molecule has 8 heteroatoms. The number of methoxy groups -OCH3 is 1. The largest absolute Gasteiger partial charge is 0.497 e. The molecule has 2 heterocycles. The van der Waals surface area contributed by atoms with Gasteiger partial charge in [0.1, 0.15) is 5.75 Å². The molecule has 0 N–H and O–H groups in total. The summed E-state index contributed by atoms with van der Waals surface area (Å²) in [4.78, 5) is 19.7. The second-order valence-electron chi connectivity index (χ2n) is 8.69. The molecule has 0 saturated carbocycles. The third-order valence-electron chi connectivity index (χ3n) is 6.13. The fourth-order valence-corrected chi connectivity index (χ4v) is 5.20. The van der Waals surface area contributed by atoms with Gasteiger partial charge in [-0.1, -0.05) is 40.2 Å². The molecule has 5 rings (SSSR count). The molecule has 6 nitrogen and oxygen atoms in total. The van der Waals surface area contributed by atoms with Crippen LogP contribution in [0.4, 0.5) is 10.5 Å². The van der Waals surface area contributed by atoms with E-state index < -0.39 is 0 Å². The molecule has 0 fully saturated rings. The highest BCUT2D eigenvalue weighted by Gasteiger charge is 2.36. The first-order chi connectivity index (χ1) is 17.4. The summed E-state index contributed by atoms with van der Waals surface area (Å²) in [6, 6.07) is 24.3. The maximum atomic E-state index is 12.5. The number of carbonyl (C=O) groups is 1. The number of thioether (sulfide) groups is 1. The van der Waals surface area contributed by atoms with E-state index >= 15 is 0 Å². The molecule has 1 unspecified atom stereocenters. The quantitative estimate of drug-likeness (QED) is 0.337. The minimum Gasteiger partial charge on any atom is -0.497 e. The lowest BCUT2D eigenvalue weighted by Crippen LogP contribution is -2.26. The van der Waals surface area contributed by atoms with E-state index in [1.807, 2.05) is 73.7 Å². The number of nitrogens with zero attached hydrogens (tertiary/aromatic N) is 4. The number of ether oxygens (including phenoxy) is 1. The monoisotopic (exact) mass is 560 g/mol. The van der Waals surface area contributed by atoms with Crippen molar-refractivity contribution in [3.05, 3.63) is 98.9 Å². The van der Waals surface area contributed by atoms with E-state index in [0.29, 0.717) is 12.3 Å². The molecule has 0 radical (unpaired) electrons. The Balaban J connectivity index is 1.54. The number of amidine groups is 1. The van der Waals surface area contributed by atoms with Gasteiger partial charge in [-0.25, -0.2) is 5.01 Å². The van der Waals surface area contributed by atoms with Crippen LogP contribution in [0.5, 0.6) is 5.75 Å². The Bertz CT molecular complexity index is 1360. The molecular formula is C28H25BrN4O2S. The Morgan fingerprint density at radius 1 is 1.03 bits per heavy atom. The van der Waals surface area contributed by atoms with Gasteiger partial charge in [0.05, 0.1) is 23.8 Å². The Morgan fingerprint density at radius 3 is 2.36 bits per heavy atom. The second-order valence-corrected chi connectivity index (χ2v) is 10.6. The molecule has 3 aromatic carbocycles. The third-order valence-corrected chi connectivity index (χ3v) is 7.44. The SMILES string of the molecule is COc1ccc(C2=NN(C3=NC(=O)S/C3=C\c3ccc(Br)cc3)C(c3ccc(N(C)C)cc3)C2)cc1. The van der Waals surface area contributed by atoms with Crippen LogP contribution >= 0.6 is 27.7 Å². The molecule has 0 saturated heterocycles. The molecule has 0 bridgehead atoms. The zero-order valence-electron chi connectivity index (χ0n) is 20.2. The molecular weight excluding hydrogens is 536 g/mol. The van der Waals surface area contributed by atoms with Crippen LogP contribution in [-0.2, 0) is 0 Å². The van der Waals surface area contributed by atoms with Gasteiger partial charge in [-0.3, -0.25) is 4.79 Å². The Hall–Kier alpha value is -3.36. The van der Waals surface area contributed by atoms with E-state index in [1.54, 1.807) is 7.11 Å². The van der Waals surface area contributed by atoms with Gasteiger partial charge < -0.3 is 9.64 Å². The van der Waals surface area contributed by atoms with E-state index in [4.69, 9.17) is 9.84 Å². The van der Waals surface area contributed by atoms with Gasteiger partial charge >= 0.3 is 5.24 Å². The second kappa shape index (κ2) is 10.3. The van der Waals surface area contributed by atoms with Crippen molar-refractivity contribution in [2.45, 2.75) is 12.5 Å². The van der Waals surface area contributed by atoms with Crippen LogP contribution in [0, 0.1) is 0 Å². The van der Waals surface area contributed by atoms with Crippen molar-refractivity contribution in [1.29, 1.82) is 0 Å². The molecule has 1 atom stereocenters. The third kappa shape index (κ3) is 5.10. The zero-order chi connectivity index (χ0) is 25.2. The molecule has 1 amide bonds. The van der Waals surface area contributed by atoms with Crippen LogP contribution in [-0.4, -0.2) is 43.0 Å². The molecule has 2 aliphatic rings. The fraction of sp³-hybridized carbons (Fsp3) is 0.179. The predicted octanol–water partition coefficient (Wildman–Crippen LogP) is 6.98. The first-order valence-electron chi connectivity index (χ1n) is 11.5. The highest BCUT2D eigenvalue weighted by atomic mass is 79.9. The van der Waals surface area contributed by atoms with Crippen LogP contribution in [0.15, 0.2) is 92.3 Å². The number of aliphatic imine (C=N–C) groups is 1. The van der Waals surface area contributed by atoms with Gasteiger partial charge in [-0.2, -0.15) is 10.1 Å². The van der Waals surface area contributed by atoms with Crippen molar-refractivity contribution in [2.24, 2.45) is 10.1 Å². The fourth-order valence-electron chi connectivity index (χ4n) is 4.19. The zero-order valence-corrected chi connectivity index (χ0v) is 22.6. The maximum absolute atomic E-state index is 12.5. The lowest BCUT2D eigenvalue weighted by atomic mass is 9.98. The van der Waals surface area contributed by atoms with Gasteiger partial charge in [-0.15, -0.1) is 0 Å². The molecule has 0 spiro atoms. The number of hydrazone groups is 1. The van der Waals surface area contributed by atoms with Crippen molar-refractivity contribution in [1.82, 2.24) is 5.01 Å². The lowest BCUT2D eigenvalue weighted by molar-refractivity contribution is 0.267. The molecule has 36 heavy (non-hydrogen) atoms. The Kier molecular flexibility index (Phi) is 6.98. The maximum Gasteiger partial charge on any atom is 0.311 e. The van der Waals surface area contributed by atoms with Crippen molar-refractivity contribution in [3.8, 4) is 5.75 Å². The normalized spacial score (nSPS) is 18.4. The number of rotatable bonds is 5. The first-order valence-corrected chi connectivity index (χ1v) is 13.1. The highest BCUT2D eigenvalue weighted by molar-refractivity contribution is 9.10. The summed E-state index contributed by atoms with van der Waals surface area (Å²) in [5.41, 5.74) is 5.19. The summed E-state index contributed by atoms with van der Waals surface area (Å²) < 4.78 is 6.32. The number of amides is 1. The molecule has 2 aliphatic heterocycles. The van der Waals surface area contributed by atoms with Crippen LogP contribution in [0.2, 0.25) is 0 Å². The summed E-state index contributed by atoms with van der Waals surface area (Å²) >= 11 is 4.62. The highest BCUT2D eigenvalue weighted by Crippen LogP contribution is 2.40. The Labute approximate surface area is 223 Å². The summed E-state index contributed by atoms with van der Waals surface area (Å²) in [6.07, 6.45) is 2.69. The molecule has 0 aromatic heterocycles. The number of hydrogen-bond acceptors (Lipinski definition) is 6. The van der Waals surface area contributed by atoms with E-state index in [1.165, 1.54) is 0 Å². The van der Waals surface area contributed by atoms with Crippen molar-refractivity contribution >= 4 is 56.2 Å². The molecule has 0 aliphatic carbocycles. The minimum atomic E-state index is -0.233. The molecule has 3 aromatic rings. The van der Waals surface area contributed by atoms with Crippen LogP contribution in [0.1, 0.15) is 29.2 Å². The van der Waals surface area contributed by atoms with Gasteiger partial charge in [0, 0.05) is 30.7 Å². The first kappa shape index (κ1) is 24.3. The van der Waals surface area contributed by atoms with Crippen LogP contribution < -0.4 is 9.64 Å². The van der Waals surface area contributed by atoms with Crippen LogP contribution in [0.3, 0.4) is 0 Å². The number of carbonyl (C=O) groups excluding carboxylic acids is 1. The summed E-state index contributed by atoms with van der Waals surface area (Å²) in [6.45, 7) is 0. The number of benzene rings is 3. The van der Waals surface area contributed by atoms with Crippen molar-refractivity contribution in [2.75, 3.05) is 26.1 Å². The smallest absolute Gasteiger partial charge is 0.311 e. The predicted molar refractivity (Wildman–Crippen MR) is 152 cm³/mol. The van der Waals surface area contributed by atoms with Crippen molar-refractivity contribution in [3.63, 3.8) is 0 Å². The standard InChI is InChI=1S/C28H25BrN4O2S/c1-32(2)22-12-6-20(7-13-22)25-17-24(19-8-14-23(35-3)15-9-19)31-33(25)27-26(36-28(34)30-27)16-18-4-10-21(29)11-5-18/h4-16,25H,17H2,1-3H3/b26-16-. The van der Waals surface area contributed by atoms with Gasteiger partial charge in [0.15, 0.2) is 5.84 Å². The summed E-state index contributed by atoms with van der Waals surface area (Å²) in [7, 11) is 5.71.